The third-order valence-electron chi connectivity index (χ3n) is 10.7. The molecule has 2 nitrogen and oxygen atoms in total. The van der Waals surface area contributed by atoms with E-state index in [0.717, 1.165) is 45.4 Å². The highest BCUT2D eigenvalue weighted by atomic mass is 31.1. The van der Waals surface area contributed by atoms with Crippen LogP contribution in [0, 0.1) is 6.92 Å². The van der Waals surface area contributed by atoms with E-state index in [2.05, 4.69) is 269 Å². The minimum Gasteiger partial charge on any atom is -0.314 e. The normalized spacial score (nSPS) is 12.9. The van der Waals surface area contributed by atoms with Crippen molar-refractivity contribution in [2.24, 2.45) is 0 Å². The summed E-state index contributed by atoms with van der Waals surface area (Å²) >= 11 is 0. The highest BCUT2D eigenvalue weighted by Gasteiger charge is 2.16. The predicted octanol–water partition coefficient (Wildman–Crippen LogP) is 18.9. The van der Waals surface area contributed by atoms with Gasteiger partial charge in [0.05, 0.1) is 0 Å². The van der Waals surface area contributed by atoms with Gasteiger partial charge in [0.15, 0.2) is 0 Å². The van der Waals surface area contributed by atoms with Crippen LogP contribution in [0.1, 0.15) is 76.1 Å². The number of allylic oxidation sites excluding steroid dienone is 6. The Kier molecular flexibility index (Phi) is 21.5. The number of anilines is 5. The molecule has 0 fully saturated rings. The molecule has 0 aliphatic carbocycles. The van der Waals surface area contributed by atoms with Gasteiger partial charge in [-0.3, -0.25) is 0 Å². The minimum absolute atomic E-state index is 0.842. The van der Waals surface area contributed by atoms with E-state index in [1.165, 1.54) is 67.9 Å². The van der Waals surface area contributed by atoms with E-state index in [1.54, 1.807) is 0 Å². The van der Waals surface area contributed by atoms with Crippen LogP contribution in [0.5, 0.6) is 0 Å². The van der Waals surface area contributed by atoms with Crippen molar-refractivity contribution in [1.82, 2.24) is 0 Å². The van der Waals surface area contributed by atoms with E-state index in [9.17, 15) is 0 Å². The second-order valence-corrected chi connectivity index (χ2v) is 17.1. The molecule has 0 bridgehead atoms. The number of nitrogens with zero attached hydrogens (tertiary/aromatic N) is 2. The van der Waals surface area contributed by atoms with Gasteiger partial charge in [-0.25, -0.2) is 0 Å². The molecule has 1 aliphatic rings. The fourth-order valence-electron chi connectivity index (χ4n) is 7.56. The molecule has 1 atom stereocenters. The van der Waals surface area contributed by atoms with Gasteiger partial charge in [0, 0.05) is 40.6 Å². The molecule has 0 N–H and O–H groups in total. The summed E-state index contributed by atoms with van der Waals surface area (Å²) in [5.41, 5.74) is 15.2. The Labute approximate surface area is 399 Å². The first kappa shape index (κ1) is 50.3. The van der Waals surface area contributed by atoms with Crippen molar-refractivity contribution in [3.05, 3.63) is 270 Å². The van der Waals surface area contributed by atoms with Gasteiger partial charge in [-0.15, -0.1) is 0 Å². The quantitative estimate of drug-likeness (QED) is 0.0793. The molecular formula is C63H69N2P. The number of aryl methyl sites for hydroxylation is 2. The molecule has 1 aliphatic heterocycles. The molecule has 336 valence electrons. The van der Waals surface area contributed by atoms with Crippen molar-refractivity contribution >= 4 is 48.4 Å². The summed E-state index contributed by atoms with van der Waals surface area (Å²) in [6, 6.07) is 70.4. The van der Waals surface area contributed by atoms with Gasteiger partial charge in [0.2, 0.25) is 0 Å². The molecule has 1 unspecified atom stereocenters. The topological polar surface area (TPSA) is 6.48 Å². The van der Waals surface area contributed by atoms with E-state index in [-0.39, 0.29) is 0 Å². The third kappa shape index (κ3) is 15.5. The van der Waals surface area contributed by atoms with E-state index in [0.29, 0.717) is 0 Å². The Morgan fingerprint density at radius 1 is 0.606 bits per heavy atom. The van der Waals surface area contributed by atoms with Crippen molar-refractivity contribution in [2.75, 3.05) is 16.0 Å². The van der Waals surface area contributed by atoms with Gasteiger partial charge in [0.25, 0.3) is 0 Å². The van der Waals surface area contributed by atoms with Gasteiger partial charge < -0.3 is 9.80 Å². The van der Waals surface area contributed by atoms with Crippen LogP contribution in [-0.2, 0) is 6.42 Å². The minimum atomic E-state index is 0.842. The predicted molar refractivity (Wildman–Crippen MR) is 295 cm³/mol. The van der Waals surface area contributed by atoms with Crippen molar-refractivity contribution < 1.29 is 0 Å². The molecule has 7 aromatic rings. The number of hydrogen-bond donors (Lipinski definition) is 0. The summed E-state index contributed by atoms with van der Waals surface area (Å²) in [6.07, 6.45) is 16.4. The molecule has 0 saturated heterocycles. The molecule has 3 heteroatoms. The Morgan fingerprint density at radius 3 is 1.58 bits per heavy atom. The van der Waals surface area contributed by atoms with E-state index in [1.807, 2.05) is 19.9 Å². The Bertz CT molecular complexity index is 2500. The molecule has 8 rings (SSSR count). The second-order valence-electron chi connectivity index (χ2n) is 15.9. The van der Waals surface area contributed by atoms with Crippen LogP contribution in [-0.4, -0.2) is 6.16 Å². The molecule has 0 saturated carbocycles. The molecule has 0 radical (unpaired) electrons. The Balaban J connectivity index is 0.000000226. The SMILES string of the molecule is C=C/C=C(\C/C=C1/C=C(c2ccccc2)PC1)N(c1ccccc1)c1ccccc1.CC.CC(=Cc1ccccc1)CCc1cc(N(c2ccccc2)c2ccccc2)ccc1C.CCC. The molecule has 0 aromatic heterocycles. The van der Waals surface area contributed by atoms with Gasteiger partial charge in [-0.1, -0.05) is 219 Å². The number of rotatable bonds is 14. The summed E-state index contributed by atoms with van der Waals surface area (Å²) in [7, 11) is 0.842. The lowest BCUT2D eigenvalue weighted by Gasteiger charge is -2.27. The number of benzene rings is 7. The maximum absolute atomic E-state index is 3.97. The molecule has 7 aromatic carbocycles. The largest absolute Gasteiger partial charge is 0.314 e. The smallest absolute Gasteiger partial charge is 0.0464 e. The lowest BCUT2D eigenvalue weighted by Crippen LogP contribution is -2.16. The summed E-state index contributed by atoms with van der Waals surface area (Å²) in [4.78, 5) is 4.65. The molecule has 0 spiro atoms. The first-order valence-corrected chi connectivity index (χ1v) is 24.8. The summed E-state index contributed by atoms with van der Waals surface area (Å²) in [6.45, 7) is 16.7. The van der Waals surface area contributed by atoms with E-state index in [4.69, 9.17) is 0 Å². The average molecular weight is 885 g/mol. The van der Waals surface area contributed by atoms with Crippen LogP contribution in [0.2, 0.25) is 0 Å². The first-order valence-electron chi connectivity index (χ1n) is 23.6. The third-order valence-corrected chi connectivity index (χ3v) is 12.1. The summed E-state index contributed by atoms with van der Waals surface area (Å²) in [5.74, 6) is 0. The van der Waals surface area contributed by atoms with Crippen LogP contribution in [0.25, 0.3) is 11.4 Å². The fourth-order valence-corrected chi connectivity index (χ4v) is 8.86. The summed E-state index contributed by atoms with van der Waals surface area (Å²) in [5, 5.41) is 1.46. The van der Waals surface area contributed by atoms with Crippen molar-refractivity contribution in [3.8, 4) is 0 Å². The lowest BCUT2D eigenvalue weighted by atomic mass is 9.99. The average Bonchev–Trinajstić information content (AvgIpc) is 3.86. The van der Waals surface area contributed by atoms with E-state index < -0.39 is 0 Å². The van der Waals surface area contributed by atoms with Gasteiger partial charge in [-0.05, 0) is 133 Å². The van der Waals surface area contributed by atoms with Crippen LogP contribution in [0.3, 0.4) is 0 Å². The van der Waals surface area contributed by atoms with Crippen LogP contribution >= 0.6 is 8.58 Å². The highest BCUT2D eigenvalue weighted by Crippen LogP contribution is 2.42. The van der Waals surface area contributed by atoms with Crippen molar-refractivity contribution in [1.29, 1.82) is 0 Å². The van der Waals surface area contributed by atoms with Crippen LogP contribution in [0.4, 0.5) is 28.4 Å². The standard InChI is InChI=1S/C30H29N.C28H26NP.C3H8.C2H6/c1-24(22-26-12-6-3-7-13-26)18-20-27-23-30(21-19-25(27)2)31(28-14-8-4-9-15-28)29-16-10-5-11-17-29;1-2-12-25(20-19-23-21-28(30-22-23)24-13-6-3-7-14-24)29(26-15-8-4-9-16-26)27-17-10-5-11-18-27;1-3-2;1-2/h3-17,19,21-23H,18,20H2,1-2H3;2-19,21,30H,1,20,22H2;3H2,1-2H3;1-2H3/b;23-19-,25-12+;;. The Hall–Kier alpha value is -6.73. The molecule has 1 heterocycles. The summed E-state index contributed by atoms with van der Waals surface area (Å²) < 4.78 is 0. The number of para-hydroxylation sites is 4. The van der Waals surface area contributed by atoms with Crippen LogP contribution in [0.15, 0.2) is 248 Å². The molecule has 0 amide bonds. The monoisotopic (exact) mass is 885 g/mol. The molecule has 66 heavy (non-hydrogen) atoms. The zero-order valence-corrected chi connectivity index (χ0v) is 41.1. The van der Waals surface area contributed by atoms with Crippen molar-refractivity contribution in [2.45, 2.75) is 67.2 Å². The van der Waals surface area contributed by atoms with Crippen molar-refractivity contribution in [3.63, 3.8) is 0 Å². The first-order chi connectivity index (χ1) is 32.5. The zero-order valence-electron chi connectivity index (χ0n) is 40.1. The van der Waals surface area contributed by atoms with Crippen LogP contribution < -0.4 is 9.80 Å². The number of hydrogen-bond acceptors (Lipinski definition) is 2. The van der Waals surface area contributed by atoms with Gasteiger partial charge >= 0.3 is 0 Å². The Morgan fingerprint density at radius 2 is 1.08 bits per heavy atom. The molecular weight excluding hydrogens is 816 g/mol. The fraction of sp³-hybridized carbons (Fsp3) is 0.175. The lowest BCUT2D eigenvalue weighted by molar-refractivity contribution is 0.937. The second kappa shape index (κ2) is 28.2. The highest BCUT2D eigenvalue weighted by molar-refractivity contribution is 7.51. The zero-order chi connectivity index (χ0) is 46.8. The maximum Gasteiger partial charge on any atom is 0.0464 e. The van der Waals surface area contributed by atoms with E-state index >= 15 is 0 Å². The van der Waals surface area contributed by atoms with Gasteiger partial charge in [0.1, 0.15) is 0 Å². The maximum atomic E-state index is 3.97. The van der Waals surface area contributed by atoms with Gasteiger partial charge in [-0.2, -0.15) is 0 Å².